The minimum atomic E-state index is -0.343. The van der Waals surface area contributed by atoms with Crippen LogP contribution < -0.4 is 25.0 Å². The Hall–Kier alpha value is -5.22. The molecule has 0 saturated carbocycles. The van der Waals surface area contributed by atoms with Crippen molar-refractivity contribution in [2.24, 2.45) is 0 Å². The average Bonchev–Trinajstić information content (AvgIpc) is 2.95. The molecule has 2 N–H and O–H groups in total. The van der Waals surface area contributed by atoms with Gasteiger partial charge in [0, 0.05) is 44.8 Å². The molecule has 9 nitrogen and oxygen atoms in total. The van der Waals surface area contributed by atoms with E-state index in [4.69, 9.17) is 0 Å². The van der Waals surface area contributed by atoms with Crippen LogP contribution >= 0.6 is 15.9 Å². The van der Waals surface area contributed by atoms with Crippen molar-refractivity contribution in [3.05, 3.63) is 148 Å². The van der Waals surface area contributed by atoms with Gasteiger partial charge in [0.25, 0.3) is 11.8 Å². The third-order valence-corrected chi connectivity index (χ3v) is 6.45. The zero-order valence-corrected chi connectivity index (χ0v) is 22.5. The van der Waals surface area contributed by atoms with Crippen molar-refractivity contribution in [3.8, 4) is 0 Å². The summed E-state index contributed by atoms with van der Waals surface area (Å²) in [6.45, 7) is 0. The van der Waals surface area contributed by atoms with Gasteiger partial charge in [0.15, 0.2) is 12.4 Å². The molecule has 0 spiro atoms. The molecule has 0 atom stereocenters. The van der Waals surface area contributed by atoms with Crippen LogP contribution in [-0.2, 0) is 0 Å². The molecular formula is C30H22BrN5O4. The van der Waals surface area contributed by atoms with Gasteiger partial charge in [0.1, 0.15) is 11.4 Å². The molecule has 10 heteroatoms. The molecule has 3 aromatic carbocycles. The molecule has 0 aliphatic carbocycles. The Morgan fingerprint density at radius 2 is 0.975 bits per heavy atom. The van der Waals surface area contributed by atoms with E-state index < -0.39 is 0 Å². The first-order valence-corrected chi connectivity index (χ1v) is 12.9. The first kappa shape index (κ1) is 26.4. The van der Waals surface area contributed by atoms with E-state index in [1.54, 1.807) is 48.5 Å². The summed E-state index contributed by atoms with van der Waals surface area (Å²) in [4.78, 5) is 27.5. The number of pyridine rings is 2. The fraction of sp³-hybridized carbons (Fsp3) is 0. The number of rotatable bonds is 7. The van der Waals surface area contributed by atoms with Crippen LogP contribution in [-0.4, -0.2) is 11.8 Å². The predicted molar refractivity (Wildman–Crippen MR) is 156 cm³/mol. The summed E-state index contributed by atoms with van der Waals surface area (Å²) in [5.74, 6) is -0.687. The Labute approximate surface area is 238 Å². The smallest absolute Gasteiger partial charge is 0.255 e. The highest BCUT2D eigenvalue weighted by Crippen LogP contribution is 2.35. The molecule has 2 aromatic heterocycles. The first-order chi connectivity index (χ1) is 19.4. The SMILES string of the molecule is O=C(Nc1ccc[n+]([O-])c1)c1ccc(N(c2ccc(Br)cc2)c2ccc(C(=O)Nc3ccc[n+]([O-])c3)cc2)cc1. The maximum atomic E-state index is 12.7. The number of nitrogens with one attached hydrogen (secondary N) is 2. The molecule has 198 valence electrons. The number of amides is 2. The van der Waals surface area contributed by atoms with Crippen LogP contribution in [0.3, 0.4) is 0 Å². The number of carbonyl (C=O) groups excluding carboxylic acids is 2. The molecule has 0 radical (unpaired) electrons. The average molecular weight is 596 g/mol. The summed E-state index contributed by atoms with van der Waals surface area (Å²) in [5.41, 5.74) is 4.08. The lowest BCUT2D eigenvalue weighted by Crippen LogP contribution is -2.25. The number of hydrogen-bond acceptors (Lipinski definition) is 5. The number of halogens is 1. The Morgan fingerprint density at radius 1 is 0.600 bits per heavy atom. The third-order valence-electron chi connectivity index (χ3n) is 5.93. The van der Waals surface area contributed by atoms with Gasteiger partial charge in [-0.25, -0.2) is 0 Å². The van der Waals surface area contributed by atoms with E-state index in [-0.39, 0.29) is 11.8 Å². The lowest BCUT2D eigenvalue weighted by Gasteiger charge is -2.26. The molecule has 0 aliphatic heterocycles. The van der Waals surface area contributed by atoms with Crippen LogP contribution in [0.4, 0.5) is 28.4 Å². The number of carbonyl (C=O) groups is 2. The highest BCUT2D eigenvalue weighted by Gasteiger charge is 2.16. The number of aromatic nitrogens is 2. The standard InChI is InChI=1S/C30H22BrN5O4/c31-23-9-15-28(16-10-23)36(26-11-5-21(6-12-26)29(37)32-24-3-1-17-34(39)19-24)27-13-7-22(8-14-27)30(38)33-25-4-2-18-35(40)20-25/h1-20H,(H,32,37)(H,33,38). The quantitative estimate of drug-likeness (QED) is 0.185. The molecule has 5 aromatic rings. The second kappa shape index (κ2) is 11.7. The van der Waals surface area contributed by atoms with Crippen molar-refractivity contribution in [2.75, 3.05) is 15.5 Å². The molecule has 0 saturated heterocycles. The molecule has 40 heavy (non-hydrogen) atoms. The van der Waals surface area contributed by atoms with E-state index in [9.17, 15) is 20.0 Å². The minimum Gasteiger partial charge on any atom is -0.619 e. The summed E-state index contributed by atoms with van der Waals surface area (Å²) in [6, 6.07) is 28.2. The largest absolute Gasteiger partial charge is 0.619 e. The predicted octanol–water partition coefficient (Wildman–Crippen LogP) is 5.69. The van der Waals surface area contributed by atoms with Gasteiger partial charge in [0.05, 0.1) is 0 Å². The Morgan fingerprint density at radius 3 is 1.35 bits per heavy atom. The van der Waals surface area contributed by atoms with E-state index >= 15 is 0 Å². The van der Waals surface area contributed by atoms with Crippen molar-refractivity contribution < 1.29 is 19.0 Å². The maximum absolute atomic E-state index is 12.7. The van der Waals surface area contributed by atoms with E-state index in [1.165, 1.54) is 24.8 Å². The van der Waals surface area contributed by atoms with Crippen LogP contribution in [0.1, 0.15) is 20.7 Å². The van der Waals surface area contributed by atoms with Crippen LogP contribution in [0, 0.1) is 10.4 Å². The third kappa shape index (κ3) is 6.25. The monoisotopic (exact) mass is 595 g/mol. The number of hydrogen-bond donors (Lipinski definition) is 2. The highest BCUT2D eigenvalue weighted by molar-refractivity contribution is 9.10. The van der Waals surface area contributed by atoms with Gasteiger partial charge in [0.2, 0.25) is 12.4 Å². The van der Waals surface area contributed by atoms with Gasteiger partial charge in [-0.2, -0.15) is 9.46 Å². The van der Waals surface area contributed by atoms with Crippen molar-refractivity contribution >= 4 is 56.2 Å². The van der Waals surface area contributed by atoms with Gasteiger partial charge in [-0.1, -0.05) is 15.9 Å². The van der Waals surface area contributed by atoms with Gasteiger partial charge in [-0.05, 0) is 84.9 Å². The number of benzene rings is 3. The van der Waals surface area contributed by atoms with Crippen molar-refractivity contribution in [2.45, 2.75) is 0 Å². The molecule has 2 amide bonds. The number of anilines is 5. The van der Waals surface area contributed by atoms with Crippen LogP contribution in [0.5, 0.6) is 0 Å². The van der Waals surface area contributed by atoms with E-state index in [0.717, 1.165) is 21.5 Å². The lowest BCUT2D eigenvalue weighted by molar-refractivity contribution is -0.604. The van der Waals surface area contributed by atoms with Gasteiger partial charge < -0.3 is 25.9 Å². The Kier molecular flexibility index (Phi) is 7.70. The van der Waals surface area contributed by atoms with Crippen molar-refractivity contribution in [1.29, 1.82) is 0 Å². The van der Waals surface area contributed by atoms with Crippen LogP contribution in [0.2, 0.25) is 0 Å². The first-order valence-electron chi connectivity index (χ1n) is 12.1. The molecular weight excluding hydrogens is 574 g/mol. The Bertz CT molecular complexity index is 1560. The zero-order chi connectivity index (χ0) is 28.1. The van der Waals surface area contributed by atoms with E-state index in [2.05, 4.69) is 26.6 Å². The summed E-state index contributed by atoms with van der Waals surface area (Å²) in [7, 11) is 0. The van der Waals surface area contributed by atoms with E-state index in [1.807, 2.05) is 53.4 Å². The minimum absolute atomic E-state index is 0.343. The van der Waals surface area contributed by atoms with Gasteiger partial charge in [-0.3, -0.25) is 9.59 Å². The molecule has 2 heterocycles. The Balaban J connectivity index is 1.40. The maximum Gasteiger partial charge on any atom is 0.255 e. The zero-order valence-electron chi connectivity index (χ0n) is 20.9. The fourth-order valence-electron chi connectivity index (χ4n) is 4.02. The fourth-order valence-corrected chi connectivity index (χ4v) is 4.29. The van der Waals surface area contributed by atoms with E-state index in [0.29, 0.717) is 32.0 Å². The van der Waals surface area contributed by atoms with Crippen LogP contribution in [0.15, 0.2) is 126 Å². The van der Waals surface area contributed by atoms with Gasteiger partial charge in [-0.15, -0.1) is 0 Å². The summed E-state index contributed by atoms with van der Waals surface area (Å²) in [6.07, 6.45) is 5.24. The second-order valence-corrected chi connectivity index (χ2v) is 9.63. The molecule has 0 bridgehead atoms. The van der Waals surface area contributed by atoms with Crippen molar-refractivity contribution in [1.82, 2.24) is 0 Å². The topological polar surface area (TPSA) is 115 Å². The molecule has 0 unspecified atom stereocenters. The van der Waals surface area contributed by atoms with Gasteiger partial charge >= 0.3 is 0 Å². The van der Waals surface area contributed by atoms with Crippen LogP contribution in [0.25, 0.3) is 0 Å². The lowest BCUT2D eigenvalue weighted by atomic mass is 10.1. The highest BCUT2D eigenvalue weighted by atomic mass is 79.9. The molecule has 0 aliphatic rings. The second-order valence-electron chi connectivity index (χ2n) is 8.72. The normalized spacial score (nSPS) is 10.5. The molecule has 5 rings (SSSR count). The summed E-state index contributed by atoms with van der Waals surface area (Å²) in [5, 5.41) is 28.4. The molecule has 0 fully saturated rings. The summed E-state index contributed by atoms with van der Waals surface area (Å²) < 4.78 is 2.16. The summed E-state index contributed by atoms with van der Waals surface area (Å²) >= 11 is 3.47. The number of nitrogens with zero attached hydrogens (tertiary/aromatic N) is 3. The van der Waals surface area contributed by atoms with Crippen molar-refractivity contribution in [3.63, 3.8) is 0 Å².